The zero-order valence-corrected chi connectivity index (χ0v) is 9.83. The van der Waals surface area contributed by atoms with Gasteiger partial charge in [0.2, 0.25) is 0 Å². The molecule has 4 heteroatoms. The number of aromatic nitrogens is 2. The van der Waals surface area contributed by atoms with E-state index >= 15 is 0 Å². The zero-order valence-electron chi connectivity index (χ0n) is 9.83. The molecule has 0 saturated heterocycles. The summed E-state index contributed by atoms with van der Waals surface area (Å²) in [5, 5.41) is 4.37. The average molecular weight is 218 g/mol. The summed E-state index contributed by atoms with van der Waals surface area (Å²) in [6.45, 7) is 3.01. The molecular weight excluding hydrogens is 200 g/mol. The van der Waals surface area contributed by atoms with Gasteiger partial charge in [-0.15, -0.1) is 0 Å². The lowest BCUT2D eigenvalue weighted by Gasteiger charge is -2.15. The minimum atomic E-state index is 0.952. The van der Waals surface area contributed by atoms with Gasteiger partial charge in [0.15, 0.2) is 0 Å². The van der Waals surface area contributed by atoms with Gasteiger partial charge < -0.3 is 15.2 Å². The molecule has 0 spiro atoms. The second kappa shape index (κ2) is 5.09. The van der Waals surface area contributed by atoms with Gasteiger partial charge in [0.1, 0.15) is 5.65 Å². The number of rotatable bonds is 5. The van der Waals surface area contributed by atoms with Crippen LogP contribution in [-0.2, 0) is 6.54 Å². The van der Waals surface area contributed by atoms with Crippen LogP contribution in [0, 0.1) is 0 Å². The molecule has 0 amide bonds. The van der Waals surface area contributed by atoms with Crippen LogP contribution in [0.2, 0.25) is 0 Å². The third-order valence-corrected chi connectivity index (χ3v) is 2.72. The second-order valence-electron chi connectivity index (χ2n) is 4.05. The Bertz CT molecular complexity index is 449. The Morgan fingerprint density at radius 3 is 3.19 bits per heavy atom. The van der Waals surface area contributed by atoms with Gasteiger partial charge in [0.25, 0.3) is 0 Å². The third-order valence-electron chi connectivity index (χ3n) is 2.72. The number of nitrogens with zero attached hydrogens (tertiary/aromatic N) is 2. The van der Waals surface area contributed by atoms with E-state index in [0.29, 0.717) is 0 Å². The van der Waals surface area contributed by atoms with Gasteiger partial charge in [-0.2, -0.15) is 0 Å². The monoisotopic (exact) mass is 218 g/mol. The summed E-state index contributed by atoms with van der Waals surface area (Å²) >= 11 is 0. The van der Waals surface area contributed by atoms with Crippen LogP contribution in [0.25, 0.3) is 11.0 Å². The highest BCUT2D eigenvalue weighted by Crippen LogP contribution is 2.16. The van der Waals surface area contributed by atoms with Crippen molar-refractivity contribution in [3.8, 4) is 0 Å². The highest BCUT2D eigenvalue weighted by molar-refractivity contribution is 5.79. The Labute approximate surface area is 95.7 Å². The first-order valence-corrected chi connectivity index (χ1v) is 5.55. The molecule has 4 nitrogen and oxygen atoms in total. The predicted molar refractivity (Wildman–Crippen MR) is 66.4 cm³/mol. The van der Waals surface area contributed by atoms with Crippen molar-refractivity contribution in [3.05, 3.63) is 30.1 Å². The fraction of sp³-hybridized carbons (Fsp3) is 0.417. The van der Waals surface area contributed by atoms with Crippen molar-refractivity contribution in [1.29, 1.82) is 0 Å². The number of nitrogens with one attached hydrogen (secondary N) is 2. The Morgan fingerprint density at radius 2 is 2.38 bits per heavy atom. The molecule has 0 bridgehead atoms. The summed E-state index contributed by atoms with van der Waals surface area (Å²) < 4.78 is 0. The predicted octanol–water partition coefficient (Wildman–Crippen LogP) is 1.21. The first-order valence-electron chi connectivity index (χ1n) is 5.55. The second-order valence-corrected chi connectivity index (χ2v) is 4.05. The third kappa shape index (κ3) is 2.40. The molecule has 0 aromatic carbocycles. The van der Waals surface area contributed by atoms with Gasteiger partial charge in [-0.25, -0.2) is 4.98 Å². The van der Waals surface area contributed by atoms with Gasteiger partial charge in [-0.05, 0) is 31.8 Å². The minimum Gasteiger partial charge on any atom is -0.346 e. The Kier molecular flexibility index (Phi) is 3.54. The van der Waals surface area contributed by atoms with Crippen LogP contribution in [0.3, 0.4) is 0 Å². The molecule has 2 rings (SSSR count). The molecule has 0 atom stereocenters. The Hall–Kier alpha value is -1.39. The summed E-state index contributed by atoms with van der Waals surface area (Å²) in [6, 6.07) is 4.09. The summed E-state index contributed by atoms with van der Waals surface area (Å²) in [7, 11) is 4.11. The smallest absolute Gasteiger partial charge is 0.137 e. The standard InChI is InChI=1S/C12H18N4/c1-13-6-7-16(2)9-10-8-15-12-11(10)4-3-5-14-12/h3-5,8,13H,6-7,9H2,1-2H3,(H,14,15). The summed E-state index contributed by atoms with van der Waals surface area (Å²) in [4.78, 5) is 9.78. The first kappa shape index (κ1) is 11.1. The van der Waals surface area contributed by atoms with Crippen molar-refractivity contribution in [3.63, 3.8) is 0 Å². The largest absolute Gasteiger partial charge is 0.346 e. The summed E-state index contributed by atoms with van der Waals surface area (Å²) in [5.41, 5.74) is 2.28. The van der Waals surface area contributed by atoms with E-state index in [-0.39, 0.29) is 0 Å². The average Bonchev–Trinajstić information content (AvgIpc) is 2.70. The number of hydrogen-bond acceptors (Lipinski definition) is 3. The maximum Gasteiger partial charge on any atom is 0.137 e. The first-order chi connectivity index (χ1) is 7.81. The molecule has 0 radical (unpaired) electrons. The molecule has 0 saturated carbocycles. The van der Waals surface area contributed by atoms with E-state index in [2.05, 4.69) is 33.3 Å². The molecule has 86 valence electrons. The Morgan fingerprint density at radius 1 is 1.50 bits per heavy atom. The topological polar surface area (TPSA) is 44.0 Å². The van der Waals surface area contributed by atoms with Crippen molar-refractivity contribution in [2.75, 3.05) is 27.2 Å². The van der Waals surface area contributed by atoms with Crippen LogP contribution < -0.4 is 5.32 Å². The van der Waals surface area contributed by atoms with Crippen LogP contribution in [0.1, 0.15) is 5.56 Å². The van der Waals surface area contributed by atoms with Gasteiger partial charge in [-0.3, -0.25) is 0 Å². The molecule has 0 aliphatic rings. The van der Waals surface area contributed by atoms with Crippen LogP contribution >= 0.6 is 0 Å². The van der Waals surface area contributed by atoms with E-state index in [1.54, 1.807) is 0 Å². The quantitative estimate of drug-likeness (QED) is 0.793. The molecule has 2 N–H and O–H groups in total. The zero-order chi connectivity index (χ0) is 11.4. The fourth-order valence-electron chi connectivity index (χ4n) is 1.82. The van der Waals surface area contributed by atoms with Crippen LogP contribution in [0.15, 0.2) is 24.5 Å². The molecule has 2 aromatic rings. The minimum absolute atomic E-state index is 0.952. The highest BCUT2D eigenvalue weighted by Gasteiger charge is 2.06. The van der Waals surface area contributed by atoms with Crippen molar-refractivity contribution < 1.29 is 0 Å². The number of H-pyrrole nitrogens is 1. The fourth-order valence-corrected chi connectivity index (χ4v) is 1.82. The number of likely N-dealkylation sites (N-methyl/N-ethyl adjacent to an activating group) is 2. The Balaban J connectivity index is 2.09. The van der Waals surface area contributed by atoms with Crippen molar-refractivity contribution in [1.82, 2.24) is 20.2 Å². The number of fused-ring (bicyclic) bond motifs is 1. The lowest BCUT2D eigenvalue weighted by molar-refractivity contribution is 0.329. The van der Waals surface area contributed by atoms with Crippen molar-refractivity contribution in [2.24, 2.45) is 0 Å². The van der Waals surface area contributed by atoms with E-state index in [1.807, 2.05) is 25.5 Å². The van der Waals surface area contributed by atoms with Gasteiger partial charge in [0.05, 0.1) is 0 Å². The number of pyridine rings is 1. The SMILES string of the molecule is CNCCN(C)Cc1c[nH]c2ncccc12. The molecule has 2 aromatic heterocycles. The summed E-state index contributed by atoms with van der Waals surface area (Å²) in [5.74, 6) is 0. The summed E-state index contributed by atoms with van der Waals surface area (Å²) in [6.07, 6.45) is 3.86. The van der Waals surface area contributed by atoms with Crippen molar-refractivity contribution in [2.45, 2.75) is 6.54 Å². The molecule has 0 aliphatic carbocycles. The number of hydrogen-bond donors (Lipinski definition) is 2. The van der Waals surface area contributed by atoms with Crippen LogP contribution in [0.4, 0.5) is 0 Å². The molecule has 0 unspecified atom stereocenters. The van der Waals surface area contributed by atoms with E-state index in [4.69, 9.17) is 0 Å². The number of aromatic amines is 1. The molecule has 0 fully saturated rings. The molecular formula is C12H18N4. The maximum absolute atomic E-state index is 4.28. The van der Waals surface area contributed by atoms with Gasteiger partial charge in [0, 0.05) is 37.4 Å². The van der Waals surface area contributed by atoms with E-state index in [0.717, 1.165) is 25.3 Å². The maximum atomic E-state index is 4.28. The molecule has 16 heavy (non-hydrogen) atoms. The molecule has 2 heterocycles. The normalized spacial score (nSPS) is 11.4. The van der Waals surface area contributed by atoms with Crippen molar-refractivity contribution >= 4 is 11.0 Å². The van der Waals surface area contributed by atoms with E-state index < -0.39 is 0 Å². The molecule has 0 aliphatic heterocycles. The van der Waals surface area contributed by atoms with Crippen LogP contribution in [-0.4, -0.2) is 42.1 Å². The highest BCUT2D eigenvalue weighted by atomic mass is 15.1. The van der Waals surface area contributed by atoms with Gasteiger partial charge in [-0.1, -0.05) is 0 Å². The lowest BCUT2D eigenvalue weighted by atomic mass is 10.2. The van der Waals surface area contributed by atoms with Gasteiger partial charge >= 0.3 is 0 Å². The van der Waals surface area contributed by atoms with E-state index in [9.17, 15) is 0 Å². The lowest BCUT2D eigenvalue weighted by Crippen LogP contribution is -2.26. The van der Waals surface area contributed by atoms with Crippen LogP contribution in [0.5, 0.6) is 0 Å². The van der Waals surface area contributed by atoms with E-state index in [1.165, 1.54) is 10.9 Å².